The molecule has 1 aliphatic rings. The summed E-state index contributed by atoms with van der Waals surface area (Å²) in [7, 11) is 0. The monoisotopic (exact) mass is 580 g/mol. The molecule has 0 atom stereocenters. The number of nitrogens with one attached hydrogen (secondary N) is 3. The molecule has 41 heavy (non-hydrogen) atoms. The summed E-state index contributed by atoms with van der Waals surface area (Å²) in [5, 5.41) is 14.6. The highest BCUT2D eigenvalue weighted by molar-refractivity contribution is 6.31. The van der Waals surface area contributed by atoms with E-state index in [0.717, 1.165) is 56.8 Å². The van der Waals surface area contributed by atoms with Crippen LogP contribution in [0.5, 0.6) is 17.4 Å². The molecule has 216 valence electrons. The van der Waals surface area contributed by atoms with Crippen LogP contribution < -0.4 is 25.6 Å². The van der Waals surface area contributed by atoms with Crippen molar-refractivity contribution in [1.29, 1.82) is 0 Å². The van der Waals surface area contributed by atoms with Crippen molar-refractivity contribution in [3.63, 3.8) is 0 Å². The maximum absolute atomic E-state index is 11.6. The summed E-state index contributed by atoms with van der Waals surface area (Å²) in [5.74, 6) is 1.03. The lowest BCUT2D eigenvalue weighted by molar-refractivity contribution is -0.129. The van der Waals surface area contributed by atoms with Crippen LogP contribution in [0.2, 0.25) is 5.02 Å². The number of ether oxygens (including phenoxy) is 2. The summed E-state index contributed by atoms with van der Waals surface area (Å²) < 4.78 is 12.0. The number of piperidine rings is 1. The normalized spacial score (nSPS) is 13.7. The maximum atomic E-state index is 11.6. The van der Waals surface area contributed by atoms with Gasteiger partial charge < -0.3 is 25.0 Å². The van der Waals surface area contributed by atoms with Crippen LogP contribution in [0, 0.1) is 0 Å². The highest BCUT2D eigenvalue weighted by atomic mass is 35.5. The van der Waals surface area contributed by atoms with E-state index in [9.17, 15) is 9.59 Å². The van der Waals surface area contributed by atoms with Crippen LogP contribution in [0.25, 0.3) is 0 Å². The molecule has 0 aliphatic carbocycles. The molecule has 12 heteroatoms. The molecule has 1 saturated heterocycles. The van der Waals surface area contributed by atoms with E-state index < -0.39 is 0 Å². The Bertz CT molecular complexity index is 1330. The molecule has 0 unspecified atom stereocenters. The zero-order valence-corrected chi connectivity index (χ0v) is 23.3. The van der Waals surface area contributed by atoms with E-state index in [1.807, 2.05) is 24.3 Å². The molecule has 0 radical (unpaired) electrons. The number of anilines is 3. The van der Waals surface area contributed by atoms with E-state index in [1.165, 1.54) is 12.3 Å². The first-order valence-corrected chi connectivity index (χ1v) is 13.7. The fraction of sp³-hybridized carbons (Fsp3) is 0.310. The summed E-state index contributed by atoms with van der Waals surface area (Å²) in [5.41, 5.74) is 2.98. The molecule has 11 nitrogen and oxygen atoms in total. The van der Waals surface area contributed by atoms with E-state index in [0.29, 0.717) is 23.8 Å². The lowest BCUT2D eigenvalue weighted by atomic mass is 10.1. The predicted octanol–water partition coefficient (Wildman–Crippen LogP) is 5.31. The number of benzene rings is 2. The molecule has 0 saturated carbocycles. The van der Waals surface area contributed by atoms with Gasteiger partial charge in [-0.2, -0.15) is 4.98 Å². The molecule has 2 aromatic carbocycles. The molecule has 4 N–H and O–H groups in total. The molecule has 3 aromatic rings. The Morgan fingerprint density at radius 1 is 1.10 bits per heavy atom. The molecule has 2 heterocycles. The van der Waals surface area contributed by atoms with Crippen molar-refractivity contribution in [2.75, 3.05) is 30.3 Å². The fourth-order valence-corrected chi connectivity index (χ4v) is 4.42. The molecule has 1 aromatic heterocycles. The van der Waals surface area contributed by atoms with Crippen molar-refractivity contribution < 1.29 is 24.3 Å². The van der Waals surface area contributed by atoms with Gasteiger partial charge >= 0.3 is 0 Å². The number of nitrogens with zero attached hydrogens (tertiary/aromatic N) is 3. The number of carbonyl (C=O) groups excluding carboxylic acids is 2. The number of rotatable bonds is 13. The first-order chi connectivity index (χ1) is 19.9. The van der Waals surface area contributed by atoms with Crippen LogP contribution in [-0.2, 0) is 9.59 Å². The third-order valence-corrected chi connectivity index (χ3v) is 6.67. The van der Waals surface area contributed by atoms with Crippen LogP contribution in [0.15, 0.2) is 67.4 Å². The van der Waals surface area contributed by atoms with Gasteiger partial charge in [0.05, 0.1) is 6.20 Å². The summed E-state index contributed by atoms with van der Waals surface area (Å²) in [4.78, 5) is 33.7. The molecule has 2 amide bonds. The second kappa shape index (κ2) is 15.0. The number of halogens is 1. The highest BCUT2D eigenvalue weighted by Crippen LogP contribution is 2.30. The standard InChI is InChI=1S/C29H33ClN6O5/c1-2-26(37)32-21-6-5-7-24(18-21)41-28-25(30)19-31-29(34-28)33-20-9-11-22(12-10-20)40-23-13-16-36(17-14-23)15-4-3-8-27(38)35-39/h2,5-7,9-12,18-19,23,39H,1,3-4,8,13-17H2,(H,32,37)(H,35,38)(H,31,33,34). The van der Waals surface area contributed by atoms with E-state index in [1.54, 1.807) is 29.7 Å². The van der Waals surface area contributed by atoms with Gasteiger partial charge in [0.15, 0.2) is 0 Å². The SMILES string of the molecule is C=CC(=O)Nc1cccc(Oc2nc(Nc3ccc(OC4CCN(CCCCC(=O)NO)CC4)cc3)ncc2Cl)c1. The number of hydrogen-bond donors (Lipinski definition) is 4. The number of unbranched alkanes of at least 4 members (excludes halogenated alkanes) is 1. The summed E-state index contributed by atoms with van der Waals surface area (Å²) in [6, 6.07) is 14.4. The van der Waals surface area contributed by atoms with Gasteiger partial charge in [0, 0.05) is 37.0 Å². The van der Waals surface area contributed by atoms with Crippen LogP contribution >= 0.6 is 11.6 Å². The fourth-order valence-electron chi connectivity index (χ4n) is 4.29. The molecule has 1 fully saturated rings. The average Bonchev–Trinajstić information content (AvgIpc) is 2.99. The number of likely N-dealkylation sites (tertiary alicyclic amines) is 1. The number of carbonyl (C=O) groups is 2. The molecule has 0 spiro atoms. The van der Waals surface area contributed by atoms with Gasteiger partial charge in [-0.1, -0.05) is 24.2 Å². The molecule has 1 aliphatic heterocycles. The van der Waals surface area contributed by atoms with Gasteiger partial charge in [-0.3, -0.25) is 14.8 Å². The van der Waals surface area contributed by atoms with Crippen molar-refractivity contribution in [2.24, 2.45) is 0 Å². The van der Waals surface area contributed by atoms with E-state index in [2.05, 4.69) is 32.1 Å². The maximum Gasteiger partial charge on any atom is 0.247 e. The zero-order chi connectivity index (χ0) is 29.0. The Balaban J connectivity index is 1.26. The molecule has 0 bridgehead atoms. The van der Waals surface area contributed by atoms with Crippen LogP contribution in [0.1, 0.15) is 32.1 Å². The summed E-state index contributed by atoms with van der Waals surface area (Å²) in [6.45, 7) is 6.28. The van der Waals surface area contributed by atoms with Crippen LogP contribution in [0.3, 0.4) is 0 Å². The lowest BCUT2D eigenvalue weighted by Crippen LogP contribution is -2.38. The first kappa shape index (κ1) is 29.8. The van der Waals surface area contributed by atoms with Gasteiger partial charge in [-0.05, 0) is 74.7 Å². The van der Waals surface area contributed by atoms with Crippen LogP contribution in [0.4, 0.5) is 17.3 Å². The van der Waals surface area contributed by atoms with E-state index >= 15 is 0 Å². The molecule has 4 rings (SSSR count). The number of amides is 2. The topological polar surface area (TPSA) is 138 Å². The Kier molecular flexibility index (Phi) is 10.9. The van der Waals surface area contributed by atoms with Gasteiger partial charge in [0.2, 0.25) is 23.6 Å². The van der Waals surface area contributed by atoms with Crippen molar-refractivity contribution in [3.8, 4) is 17.4 Å². The van der Waals surface area contributed by atoms with E-state index in [4.69, 9.17) is 26.3 Å². The van der Waals surface area contributed by atoms with Gasteiger partial charge in [0.25, 0.3) is 0 Å². The van der Waals surface area contributed by atoms with Gasteiger partial charge in [-0.25, -0.2) is 10.5 Å². The minimum atomic E-state index is -0.340. The summed E-state index contributed by atoms with van der Waals surface area (Å²) in [6.07, 6.45) is 6.66. The second-order valence-electron chi connectivity index (χ2n) is 9.47. The number of hydrogen-bond acceptors (Lipinski definition) is 9. The van der Waals surface area contributed by atoms with Crippen molar-refractivity contribution >= 4 is 40.7 Å². The third-order valence-electron chi connectivity index (χ3n) is 6.41. The van der Waals surface area contributed by atoms with Crippen LogP contribution in [-0.4, -0.2) is 57.6 Å². The minimum Gasteiger partial charge on any atom is -0.490 e. The Hall–Kier alpha value is -4.19. The molecular weight excluding hydrogens is 548 g/mol. The third kappa shape index (κ3) is 9.45. The van der Waals surface area contributed by atoms with E-state index in [-0.39, 0.29) is 28.8 Å². The Labute approximate surface area is 243 Å². The zero-order valence-electron chi connectivity index (χ0n) is 22.5. The van der Waals surface area contributed by atoms with Gasteiger partial charge in [-0.15, -0.1) is 0 Å². The lowest BCUT2D eigenvalue weighted by Gasteiger charge is -2.32. The quantitative estimate of drug-likeness (QED) is 0.0917. The molecular formula is C29H33ClN6O5. The minimum absolute atomic E-state index is 0.146. The average molecular weight is 581 g/mol. The highest BCUT2D eigenvalue weighted by Gasteiger charge is 2.20. The first-order valence-electron chi connectivity index (χ1n) is 13.3. The Morgan fingerprint density at radius 2 is 1.88 bits per heavy atom. The smallest absolute Gasteiger partial charge is 0.247 e. The predicted molar refractivity (Wildman–Crippen MR) is 156 cm³/mol. The largest absolute Gasteiger partial charge is 0.490 e. The number of hydroxylamine groups is 1. The van der Waals surface area contributed by atoms with Gasteiger partial charge in [0.1, 0.15) is 22.6 Å². The second-order valence-corrected chi connectivity index (χ2v) is 9.88. The van der Waals surface area contributed by atoms with Crippen molar-refractivity contribution in [2.45, 2.75) is 38.2 Å². The van der Waals surface area contributed by atoms with Crippen molar-refractivity contribution in [3.05, 3.63) is 72.4 Å². The van der Waals surface area contributed by atoms with Crippen molar-refractivity contribution in [1.82, 2.24) is 20.3 Å². The summed E-state index contributed by atoms with van der Waals surface area (Å²) >= 11 is 6.26. The Morgan fingerprint density at radius 3 is 2.61 bits per heavy atom. The number of aromatic nitrogens is 2.